The van der Waals surface area contributed by atoms with Gasteiger partial charge in [0.1, 0.15) is 0 Å². The van der Waals surface area contributed by atoms with Crippen LogP contribution in [0.1, 0.15) is 23.9 Å². The number of methoxy groups -OCH3 is 2. The Labute approximate surface area is 167 Å². The molecular formula is C19H23N5O3S. The summed E-state index contributed by atoms with van der Waals surface area (Å²) in [7, 11) is 3.12. The van der Waals surface area contributed by atoms with Gasteiger partial charge in [0.25, 0.3) is 5.78 Å². The average Bonchev–Trinajstić information content (AvgIpc) is 3.08. The number of benzene rings is 1. The van der Waals surface area contributed by atoms with E-state index in [1.54, 1.807) is 36.9 Å². The number of nitrogens with zero attached hydrogens (tertiary/aromatic N) is 4. The van der Waals surface area contributed by atoms with Crippen molar-refractivity contribution >= 4 is 29.1 Å². The minimum atomic E-state index is -0.395. The monoisotopic (exact) mass is 401 g/mol. The topological polar surface area (TPSA) is 90.6 Å². The van der Waals surface area contributed by atoms with Gasteiger partial charge in [-0.3, -0.25) is 4.79 Å². The number of anilines is 1. The van der Waals surface area contributed by atoms with Gasteiger partial charge in [-0.1, -0.05) is 11.8 Å². The lowest BCUT2D eigenvalue weighted by Gasteiger charge is -2.12. The fourth-order valence-electron chi connectivity index (χ4n) is 2.66. The van der Waals surface area contributed by atoms with E-state index in [4.69, 9.17) is 9.47 Å². The highest BCUT2D eigenvalue weighted by atomic mass is 32.2. The molecule has 0 radical (unpaired) electrons. The van der Waals surface area contributed by atoms with E-state index in [9.17, 15) is 4.79 Å². The highest BCUT2D eigenvalue weighted by Crippen LogP contribution is 2.30. The van der Waals surface area contributed by atoms with Gasteiger partial charge < -0.3 is 14.8 Å². The molecule has 0 fully saturated rings. The van der Waals surface area contributed by atoms with Gasteiger partial charge in [0.2, 0.25) is 11.1 Å². The molecule has 1 unspecified atom stereocenters. The lowest BCUT2D eigenvalue weighted by molar-refractivity contribution is -0.115. The number of ether oxygens (including phenoxy) is 2. The minimum absolute atomic E-state index is 0.159. The van der Waals surface area contributed by atoms with Crippen LogP contribution in [-0.2, 0) is 4.79 Å². The highest BCUT2D eigenvalue weighted by molar-refractivity contribution is 8.00. The number of aryl methyl sites for hydroxylation is 2. The van der Waals surface area contributed by atoms with Crippen LogP contribution in [0.2, 0.25) is 0 Å². The smallest absolute Gasteiger partial charge is 0.253 e. The van der Waals surface area contributed by atoms with Gasteiger partial charge in [0.05, 0.1) is 19.5 Å². The molecule has 0 aliphatic heterocycles. The third-order valence-electron chi connectivity index (χ3n) is 4.54. The van der Waals surface area contributed by atoms with E-state index in [0.717, 1.165) is 17.0 Å². The summed E-state index contributed by atoms with van der Waals surface area (Å²) in [6, 6.07) is 5.23. The second kappa shape index (κ2) is 8.05. The van der Waals surface area contributed by atoms with Crippen LogP contribution in [-0.4, -0.2) is 45.0 Å². The average molecular weight is 401 g/mol. The quantitative estimate of drug-likeness (QED) is 0.634. The number of hydrogen-bond donors (Lipinski definition) is 1. The third kappa shape index (κ3) is 3.89. The number of nitrogens with one attached hydrogen (secondary N) is 1. The molecule has 1 aromatic carbocycles. The number of hydrogen-bond acceptors (Lipinski definition) is 7. The van der Waals surface area contributed by atoms with Crippen molar-refractivity contribution in [2.45, 2.75) is 38.1 Å². The van der Waals surface area contributed by atoms with E-state index in [1.807, 2.05) is 27.7 Å². The number of aromatic nitrogens is 4. The molecule has 1 amide bonds. The maximum atomic E-state index is 12.6. The second-order valence-electron chi connectivity index (χ2n) is 6.33. The predicted octanol–water partition coefficient (Wildman–Crippen LogP) is 3.19. The van der Waals surface area contributed by atoms with Crippen molar-refractivity contribution in [2.75, 3.05) is 19.5 Å². The fourth-order valence-corrected chi connectivity index (χ4v) is 3.40. The maximum absolute atomic E-state index is 12.6. The first-order chi connectivity index (χ1) is 13.3. The van der Waals surface area contributed by atoms with Gasteiger partial charge in [0, 0.05) is 23.1 Å². The van der Waals surface area contributed by atoms with E-state index in [2.05, 4.69) is 20.4 Å². The zero-order valence-corrected chi connectivity index (χ0v) is 17.5. The van der Waals surface area contributed by atoms with Gasteiger partial charge in [-0.25, -0.2) is 9.50 Å². The van der Waals surface area contributed by atoms with Gasteiger partial charge in [-0.15, -0.1) is 5.10 Å². The normalized spacial score (nSPS) is 12.1. The molecule has 8 nitrogen and oxygen atoms in total. The van der Waals surface area contributed by atoms with Crippen molar-refractivity contribution in [3.8, 4) is 11.5 Å². The molecule has 0 bridgehead atoms. The molecule has 0 aliphatic rings. The molecule has 0 saturated heterocycles. The Hall–Kier alpha value is -2.81. The van der Waals surface area contributed by atoms with E-state index in [0.29, 0.717) is 28.1 Å². The van der Waals surface area contributed by atoms with Gasteiger partial charge in [-0.2, -0.15) is 4.98 Å². The van der Waals surface area contributed by atoms with Crippen LogP contribution in [0.15, 0.2) is 23.4 Å². The zero-order chi connectivity index (χ0) is 20.4. The van der Waals surface area contributed by atoms with Gasteiger partial charge >= 0.3 is 0 Å². The fraction of sp³-hybridized carbons (Fsp3) is 0.368. The van der Waals surface area contributed by atoms with Gasteiger partial charge in [0.15, 0.2) is 11.5 Å². The Morgan fingerprint density at radius 2 is 1.86 bits per heavy atom. The lowest BCUT2D eigenvalue weighted by atomic mass is 10.2. The summed E-state index contributed by atoms with van der Waals surface area (Å²) < 4.78 is 12.2. The predicted molar refractivity (Wildman–Crippen MR) is 108 cm³/mol. The summed E-state index contributed by atoms with van der Waals surface area (Å²) in [5.41, 5.74) is 3.62. The van der Waals surface area contributed by atoms with E-state index < -0.39 is 5.25 Å². The molecular weight excluding hydrogens is 378 g/mol. The summed E-state index contributed by atoms with van der Waals surface area (Å²) in [6.45, 7) is 7.74. The van der Waals surface area contributed by atoms with Crippen molar-refractivity contribution in [3.63, 3.8) is 0 Å². The lowest BCUT2D eigenvalue weighted by Crippen LogP contribution is -2.22. The van der Waals surface area contributed by atoms with Crippen LogP contribution >= 0.6 is 11.8 Å². The molecule has 0 aliphatic carbocycles. The Kier molecular flexibility index (Phi) is 5.73. The number of fused-ring (bicyclic) bond motifs is 1. The molecule has 1 N–H and O–H groups in total. The first-order valence-electron chi connectivity index (χ1n) is 8.74. The summed E-state index contributed by atoms with van der Waals surface area (Å²) in [6.07, 6.45) is 0. The maximum Gasteiger partial charge on any atom is 0.253 e. The van der Waals surface area contributed by atoms with Crippen molar-refractivity contribution in [3.05, 3.63) is 35.2 Å². The number of amides is 1. The van der Waals surface area contributed by atoms with Crippen LogP contribution in [0.25, 0.3) is 5.78 Å². The zero-order valence-electron chi connectivity index (χ0n) is 16.7. The number of thioether (sulfide) groups is 1. The summed E-state index contributed by atoms with van der Waals surface area (Å²) in [4.78, 5) is 21.5. The molecule has 148 valence electrons. The van der Waals surface area contributed by atoms with E-state index in [1.165, 1.54) is 11.8 Å². The first kappa shape index (κ1) is 19.9. The van der Waals surface area contributed by atoms with Crippen molar-refractivity contribution < 1.29 is 14.3 Å². The van der Waals surface area contributed by atoms with Crippen LogP contribution < -0.4 is 14.8 Å². The van der Waals surface area contributed by atoms with Crippen molar-refractivity contribution in [1.29, 1.82) is 0 Å². The standard InChI is InChI=1S/C19H23N5O3S/c1-10-11(2)20-18-22-19(23-24(18)12(10)3)28-13(4)17(25)21-14-7-8-15(26-5)16(9-14)27-6/h7-9,13H,1-6H3,(H,21,25). The Morgan fingerprint density at radius 3 is 2.54 bits per heavy atom. The SMILES string of the molecule is COc1ccc(NC(=O)C(C)Sc2nc3nc(C)c(C)c(C)n3n2)cc1OC. The number of rotatable bonds is 6. The van der Waals surface area contributed by atoms with Crippen LogP contribution in [0.5, 0.6) is 11.5 Å². The summed E-state index contributed by atoms with van der Waals surface area (Å²) in [5, 5.41) is 7.48. The highest BCUT2D eigenvalue weighted by Gasteiger charge is 2.19. The van der Waals surface area contributed by atoms with Gasteiger partial charge in [-0.05, 0) is 45.4 Å². The van der Waals surface area contributed by atoms with E-state index >= 15 is 0 Å². The molecule has 3 rings (SSSR count). The Balaban J connectivity index is 1.74. The molecule has 2 aromatic heterocycles. The van der Waals surface area contributed by atoms with E-state index in [-0.39, 0.29) is 5.91 Å². The molecule has 1 atom stereocenters. The molecule has 9 heteroatoms. The summed E-state index contributed by atoms with van der Waals surface area (Å²) >= 11 is 1.28. The largest absolute Gasteiger partial charge is 0.493 e. The molecule has 2 heterocycles. The van der Waals surface area contributed by atoms with Crippen molar-refractivity contribution in [2.24, 2.45) is 0 Å². The Morgan fingerprint density at radius 1 is 1.14 bits per heavy atom. The van der Waals surface area contributed by atoms with Crippen LogP contribution in [0.3, 0.4) is 0 Å². The molecule has 28 heavy (non-hydrogen) atoms. The first-order valence-corrected chi connectivity index (χ1v) is 9.62. The molecule has 0 saturated carbocycles. The summed E-state index contributed by atoms with van der Waals surface area (Å²) in [5.74, 6) is 1.53. The second-order valence-corrected chi connectivity index (χ2v) is 7.64. The molecule has 0 spiro atoms. The van der Waals surface area contributed by atoms with Crippen molar-refractivity contribution in [1.82, 2.24) is 19.6 Å². The Bertz CT molecular complexity index is 1030. The number of carbonyl (C=O) groups is 1. The minimum Gasteiger partial charge on any atom is -0.493 e. The molecule has 3 aromatic rings. The van der Waals surface area contributed by atoms with Crippen LogP contribution in [0.4, 0.5) is 5.69 Å². The van der Waals surface area contributed by atoms with Crippen LogP contribution in [0, 0.1) is 20.8 Å². The number of carbonyl (C=O) groups excluding carboxylic acids is 1. The third-order valence-corrected chi connectivity index (χ3v) is 5.50.